The lowest BCUT2D eigenvalue weighted by Gasteiger charge is -2.17. The second-order valence-electron chi connectivity index (χ2n) is 4.70. The Balaban J connectivity index is 2.03. The van der Waals surface area contributed by atoms with Gasteiger partial charge in [0.15, 0.2) is 0 Å². The Morgan fingerprint density at radius 3 is 2.70 bits per heavy atom. The molecule has 0 aliphatic heterocycles. The molecule has 108 valence electrons. The zero-order valence-electron chi connectivity index (χ0n) is 11.9. The Kier molecular flexibility index (Phi) is 6.62. The molecule has 0 saturated carbocycles. The molecule has 1 aromatic heterocycles. The van der Waals surface area contributed by atoms with Crippen molar-refractivity contribution in [2.75, 3.05) is 12.3 Å². The molecule has 2 aromatic rings. The topological polar surface area (TPSA) is 12.0 Å². The summed E-state index contributed by atoms with van der Waals surface area (Å²) in [5.41, 5.74) is 0. The van der Waals surface area contributed by atoms with Gasteiger partial charge in [-0.1, -0.05) is 19.1 Å². The molecule has 0 amide bonds. The van der Waals surface area contributed by atoms with Crippen LogP contribution in [0.25, 0.3) is 0 Å². The van der Waals surface area contributed by atoms with Crippen molar-refractivity contribution in [2.24, 2.45) is 0 Å². The van der Waals surface area contributed by atoms with Crippen molar-refractivity contribution >= 4 is 39.0 Å². The van der Waals surface area contributed by atoms with Crippen LogP contribution in [0.15, 0.2) is 45.8 Å². The van der Waals surface area contributed by atoms with Crippen LogP contribution in [0.1, 0.15) is 29.1 Å². The smallest absolute Gasteiger partial charge is 0.0510 e. The van der Waals surface area contributed by atoms with Gasteiger partial charge in [0.1, 0.15) is 0 Å². The molecular formula is C16H20BrNS2. The molecule has 1 unspecified atom stereocenters. The first-order valence-corrected chi connectivity index (χ1v) is 9.47. The highest BCUT2D eigenvalue weighted by Gasteiger charge is 2.13. The van der Waals surface area contributed by atoms with Gasteiger partial charge in [0.25, 0.3) is 0 Å². The number of nitrogens with one attached hydrogen (secondary N) is 1. The van der Waals surface area contributed by atoms with Crippen LogP contribution in [0.4, 0.5) is 0 Å². The molecule has 2 rings (SSSR count). The predicted octanol–water partition coefficient (Wildman–Crippen LogP) is 5.65. The molecule has 0 spiro atoms. The van der Waals surface area contributed by atoms with Crippen molar-refractivity contribution < 1.29 is 0 Å². The Bertz CT molecular complexity index is 539. The molecule has 1 nitrogen and oxygen atoms in total. The van der Waals surface area contributed by atoms with E-state index in [0.717, 1.165) is 12.3 Å². The summed E-state index contributed by atoms with van der Waals surface area (Å²) in [7, 11) is 0. The normalized spacial score (nSPS) is 12.6. The minimum Gasteiger partial charge on any atom is -0.309 e. The van der Waals surface area contributed by atoms with Crippen LogP contribution in [0, 0.1) is 6.92 Å². The van der Waals surface area contributed by atoms with Gasteiger partial charge in [-0.15, -0.1) is 23.1 Å². The first kappa shape index (κ1) is 16.1. The monoisotopic (exact) mass is 369 g/mol. The molecule has 0 bridgehead atoms. The summed E-state index contributed by atoms with van der Waals surface area (Å²) in [5, 5.41) is 3.66. The number of hydrogen-bond donors (Lipinski definition) is 1. The van der Waals surface area contributed by atoms with E-state index >= 15 is 0 Å². The number of rotatable bonds is 7. The largest absolute Gasteiger partial charge is 0.309 e. The summed E-state index contributed by atoms with van der Waals surface area (Å²) in [6, 6.07) is 13.3. The van der Waals surface area contributed by atoms with Gasteiger partial charge in [-0.3, -0.25) is 0 Å². The highest BCUT2D eigenvalue weighted by atomic mass is 79.9. The van der Waals surface area contributed by atoms with Gasteiger partial charge >= 0.3 is 0 Å². The number of thiophene rings is 1. The van der Waals surface area contributed by atoms with E-state index in [1.165, 1.54) is 25.5 Å². The third kappa shape index (κ3) is 4.62. The number of halogens is 1. The summed E-state index contributed by atoms with van der Waals surface area (Å²) in [4.78, 5) is 4.13. The second kappa shape index (κ2) is 8.23. The lowest BCUT2D eigenvalue weighted by molar-refractivity contribution is 0.585. The molecule has 0 fully saturated rings. The first-order valence-electron chi connectivity index (χ1n) is 6.87. The Morgan fingerprint density at radius 1 is 1.25 bits per heavy atom. The molecule has 1 aromatic carbocycles. The lowest BCUT2D eigenvalue weighted by atomic mass is 10.2. The van der Waals surface area contributed by atoms with Gasteiger partial charge in [0, 0.05) is 24.9 Å². The fourth-order valence-corrected chi connectivity index (χ4v) is 4.65. The van der Waals surface area contributed by atoms with Crippen LogP contribution in [0.5, 0.6) is 0 Å². The summed E-state index contributed by atoms with van der Waals surface area (Å²) >= 11 is 7.43. The number of benzene rings is 1. The highest BCUT2D eigenvalue weighted by molar-refractivity contribution is 9.10. The van der Waals surface area contributed by atoms with E-state index < -0.39 is 0 Å². The average Bonchev–Trinajstić information content (AvgIpc) is 2.87. The zero-order valence-corrected chi connectivity index (χ0v) is 15.1. The van der Waals surface area contributed by atoms with Crippen LogP contribution in [0.2, 0.25) is 0 Å². The van der Waals surface area contributed by atoms with E-state index in [1.807, 2.05) is 23.1 Å². The van der Waals surface area contributed by atoms with Gasteiger partial charge in [-0.2, -0.15) is 0 Å². The van der Waals surface area contributed by atoms with E-state index in [2.05, 4.69) is 71.5 Å². The summed E-state index contributed by atoms with van der Waals surface area (Å²) in [6.07, 6.45) is 1.17. The van der Waals surface area contributed by atoms with E-state index in [-0.39, 0.29) is 0 Å². The van der Waals surface area contributed by atoms with Gasteiger partial charge in [0.05, 0.1) is 6.04 Å². The van der Waals surface area contributed by atoms with Gasteiger partial charge in [-0.05, 0) is 60.1 Å². The fraction of sp³-hybridized carbons (Fsp3) is 0.375. The van der Waals surface area contributed by atoms with Crippen molar-refractivity contribution in [3.8, 4) is 0 Å². The third-order valence-corrected chi connectivity index (χ3v) is 6.22. The van der Waals surface area contributed by atoms with Gasteiger partial charge in [0.2, 0.25) is 0 Å². The summed E-state index contributed by atoms with van der Waals surface area (Å²) in [6.45, 7) is 5.45. The first-order chi connectivity index (χ1) is 9.70. The minimum atomic E-state index is 0.436. The maximum atomic E-state index is 3.66. The van der Waals surface area contributed by atoms with Gasteiger partial charge < -0.3 is 5.32 Å². The van der Waals surface area contributed by atoms with Crippen LogP contribution in [0.3, 0.4) is 0 Å². The van der Waals surface area contributed by atoms with E-state index in [9.17, 15) is 0 Å². The maximum Gasteiger partial charge on any atom is 0.0510 e. The van der Waals surface area contributed by atoms with Crippen molar-refractivity contribution in [2.45, 2.75) is 31.2 Å². The molecule has 0 aliphatic rings. The molecular weight excluding hydrogens is 350 g/mol. The molecule has 0 saturated heterocycles. The Morgan fingerprint density at radius 2 is 2.05 bits per heavy atom. The van der Waals surface area contributed by atoms with Crippen molar-refractivity contribution in [1.82, 2.24) is 5.32 Å². The standard InChI is InChI=1S/C16H20BrNS2/c1-3-10-18-14(16-9-8-12(2)20-16)11-19-15-7-5-4-6-13(15)17/h4-9,14,18H,3,10-11H2,1-2H3. The molecule has 1 heterocycles. The highest BCUT2D eigenvalue weighted by Crippen LogP contribution is 2.32. The maximum absolute atomic E-state index is 3.66. The average molecular weight is 370 g/mol. The summed E-state index contributed by atoms with van der Waals surface area (Å²) in [5.74, 6) is 1.06. The van der Waals surface area contributed by atoms with Gasteiger partial charge in [-0.25, -0.2) is 0 Å². The molecule has 4 heteroatoms. The predicted molar refractivity (Wildman–Crippen MR) is 95.0 cm³/mol. The number of aryl methyl sites for hydroxylation is 1. The Hall–Kier alpha value is -0.290. The summed E-state index contributed by atoms with van der Waals surface area (Å²) < 4.78 is 1.18. The van der Waals surface area contributed by atoms with E-state index in [1.54, 1.807) is 0 Å². The zero-order chi connectivity index (χ0) is 14.4. The molecule has 1 atom stereocenters. The quantitative estimate of drug-likeness (QED) is 0.632. The molecule has 1 N–H and O–H groups in total. The van der Waals surface area contributed by atoms with Crippen LogP contribution in [-0.4, -0.2) is 12.3 Å². The van der Waals surface area contributed by atoms with Crippen LogP contribution >= 0.6 is 39.0 Å². The lowest BCUT2D eigenvalue weighted by Crippen LogP contribution is -2.23. The second-order valence-corrected chi connectivity index (χ2v) is 7.93. The fourth-order valence-electron chi connectivity index (χ4n) is 1.94. The van der Waals surface area contributed by atoms with Crippen molar-refractivity contribution in [3.63, 3.8) is 0 Å². The van der Waals surface area contributed by atoms with Crippen molar-refractivity contribution in [1.29, 1.82) is 0 Å². The number of hydrogen-bond acceptors (Lipinski definition) is 3. The molecule has 0 aliphatic carbocycles. The number of thioether (sulfide) groups is 1. The minimum absolute atomic E-state index is 0.436. The molecule has 20 heavy (non-hydrogen) atoms. The van der Waals surface area contributed by atoms with Crippen molar-refractivity contribution in [3.05, 3.63) is 50.6 Å². The Labute approximate surface area is 138 Å². The molecule has 0 radical (unpaired) electrons. The SMILES string of the molecule is CCCNC(CSc1ccccc1Br)c1ccc(C)s1. The van der Waals surface area contributed by atoms with E-state index in [4.69, 9.17) is 0 Å². The van der Waals surface area contributed by atoms with E-state index in [0.29, 0.717) is 6.04 Å². The van der Waals surface area contributed by atoms with Crippen LogP contribution < -0.4 is 5.32 Å². The van der Waals surface area contributed by atoms with Crippen LogP contribution in [-0.2, 0) is 0 Å². The third-order valence-electron chi connectivity index (χ3n) is 2.99.